The van der Waals surface area contributed by atoms with Gasteiger partial charge in [-0.1, -0.05) is 29.3 Å². The molecule has 106 valence electrons. The maximum absolute atomic E-state index is 13.1. The fourth-order valence-corrected chi connectivity index (χ4v) is 2.33. The van der Waals surface area contributed by atoms with Crippen LogP contribution in [0.5, 0.6) is 5.75 Å². The molecule has 2 aromatic rings. The van der Waals surface area contributed by atoms with Crippen molar-refractivity contribution < 1.29 is 14.2 Å². The lowest BCUT2D eigenvalue weighted by Gasteiger charge is -2.18. The van der Waals surface area contributed by atoms with Gasteiger partial charge in [0.1, 0.15) is 17.7 Å². The van der Waals surface area contributed by atoms with Crippen molar-refractivity contribution in [1.82, 2.24) is 0 Å². The molecule has 1 atom stereocenters. The second kappa shape index (κ2) is 6.25. The molecule has 0 aromatic heterocycles. The number of benzene rings is 2. The topological polar surface area (TPSA) is 29.5 Å². The van der Waals surface area contributed by atoms with Gasteiger partial charge in [-0.05, 0) is 38.1 Å². The van der Waals surface area contributed by atoms with Gasteiger partial charge in [-0.25, -0.2) is 4.39 Å². The van der Waals surface area contributed by atoms with E-state index in [0.29, 0.717) is 23.5 Å². The molecule has 20 heavy (non-hydrogen) atoms. The molecule has 0 saturated carbocycles. The average Bonchev–Trinajstić information content (AvgIpc) is 2.40. The maximum atomic E-state index is 13.1. The first-order chi connectivity index (χ1) is 9.52. The Morgan fingerprint density at radius 1 is 1.20 bits per heavy atom. The van der Waals surface area contributed by atoms with Gasteiger partial charge in [0.25, 0.3) is 0 Å². The SMILES string of the molecule is CCOc1ccc(C)cc1C(O)c1ccc(F)cc1Cl. The van der Waals surface area contributed by atoms with Crippen LogP contribution in [0.3, 0.4) is 0 Å². The summed E-state index contributed by atoms with van der Waals surface area (Å²) < 4.78 is 18.6. The molecular weight excluding hydrogens is 279 g/mol. The molecule has 2 rings (SSSR count). The van der Waals surface area contributed by atoms with Crippen molar-refractivity contribution in [2.45, 2.75) is 20.0 Å². The quantitative estimate of drug-likeness (QED) is 0.912. The average molecular weight is 295 g/mol. The van der Waals surface area contributed by atoms with E-state index < -0.39 is 11.9 Å². The molecular formula is C16H16ClFO2. The van der Waals surface area contributed by atoms with E-state index in [-0.39, 0.29) is 5.02 Å². The lowest BCUT2D eigenvalue weighted by Crippen LogP contribution is -2.05. The van der Waals surface area contributed by atoms with Crippen LogP contribution in [0.4, 0.5) is 4.39 Å². The molecule has 0 amide bonds. The molecule has 4 heteroatoms. The van der Waals surface area contributed by atoms with Gasteiger partial charge in [-0.2, -0.15) is 0 Å². The van der Waals surface area contributed by atoms with E-state index in [9.17, 15) is 9.50 Å². The third-order valence-electron chi connectivity index (χ3n) is 3.02. The predicted octanol–water partition coefficient (Wildman–Crippen LogP) is 4.27. The fourth-order valence-electron chi connectivity index (χ4n) is 2.06. The van der Waals surface area contributed by atoms with Gasteiger partial charge >= 0.3 is 0 Å². The van der Waals surface area contributed by atoms with Crippen LogP contribution in [0.25, 0.3) is 0 Å². The highest BCUT2D eigenvalue weighted by Gasteiger charge is 2.18. The third kappa shape index (κ3) is 3.11. The summed E-state index contributed by atoms with van der Waals surface area (Å²) in [7, 11) is 0. The zero-order chi connectivity index (χ0) is 14.7. The first-order valence-electron chi connectivity index (χ1n) is 6.39. The van der Waals surface area contributed by atoms with E-state index in [4.69, 9.17) is 16.3 Å². The van der Waals surface area contributed by atoms with Crippen molar-refractivity contribution in [3.63, 3.8) is 0 Å². The zero-order valence-electron chi connectivity index (χ0n) is 11.4. The molecule has 0 fully saturated rings. The van der Waals surface area contributed by atoms with Crippen molar-refractivity contribution >= 4 is 11.6 Å². The van der Waals surface area contributed by atoms with Gasteiger partial charge in [0, 0.05) is 16.1 Å². The Morgan fingerprint density at radius 3 is 2.60 bits per heavy atom. The lowest BCUT2D eigenvalue weighted by atomic mass is 9.99. The minimum absolute atomic E-state index is 0.196. The van der Waals surface area contributed by atoms with Gasteiger partial charge in [0.2, 0.25) is 0 Å². The van der Waals surface area contributed by atoms with E-state index >= 15 is 0 Å². The molecule has 0 spiro atoms. The van der Waals surface area contributed by atoms with Crippen LogP contribution in [-0.2, 0) is 0 Å². The summed E-state index contributed by atoms with van der Waals surface area (Å²) in [6.45, 7) is 4.30. The molecule has 0 heterocycles. The van der Waals surface area contributed by atoms with Gasteiger partial charge < -0.3 is 9.84 Å². The van der Waals surface area contributed by atoms with Gasteiger partial charge in [0.15, 0.2) is 0 Å². The molecule has 0 bridgehead atoms. The van der Waals surface area contributed by atoms with Crippen LogP contribution in [0, 0.1) is 12.7 Å². The predicted molar refractivity (Wildman–Crippen MR) is 77.8 cm³/mol. The molecule has 2 aromatic carbocycles. The molecule has 1 unspecified atom stereocenters. The summed E-state index contributed by atoms with van der Waals surface area (Å²) in [5.41, 5.74) is 2.08. The Bertz CT molecular complexity index is 613. The van der Waals surface area contributed by atoms with E-state index in [1.807, 2.05) is 32.0 Å². The molecule has 0 saturated heterocycles. The molecule has 0 aliphatic rings. The first kappa shape index (κ1) is 14.8. The highest BCUT2D eigenvalue weighted by atomic mass is 35.5. The normalized spacial score (nSPS) is 12.2. The van der Waals surface area contributed by atoms with Crippen molar-refractivity contribution in [1.29, 1.82) is 0 Å². The number of ether oxygens (including phenoxy) is 1. The standard InChI is InChI=1S/C16H16ClFO2/c1-3-20-15-7-4-10(2)8-13(15)16(19)12-6-5-11(18)9-14(12)17/h4-9,16,19H,3H2,1-2H3. The molecule has 0 aliphatic heterocycles. The largest absolute Gasteiger partial charge is 0.493 e. The molecule has 1 N–H and O–H groups in total. The summed E-state index contributed by atoms with van der Waals surface area (Å²) in [6.07, 6.45) is -0.954. The zero-order valence-corrected chi connectivity index (χ0v) is 12.1. The van der Waals surface area contributed by atoms with Crippen molar-refractivity contribution in [2.24, 2.45) is 0 Å². The van der Waals surface area contributed by atoms with E-state index in [1.54, 1.807) is 0 Å². The Kier molecular flexibility index (Phi) is 4.63. The number of halogens is 2. The number of aliphatic hydroxyl groups excluding tert-OH is 1. The molecule has 2 nitrogen and oxygen atoms in total. The maximum Gasteiger partial charge on any atom is 0.125 e. The number of rotatable bonds is 4. The summed E-state index contributed by atoms with van der Waals surface area (Å²) in [4.78, 5) is 0. The van der Waals surface area contributed by atoms with Gasteiger partial charge in [-0.3, -0.25) is 0 Å². The van der Waals surface area contributed by atoms with Gasteiger partial charge in [-0.15, -0.1) is 0 Å². The van der Waals surface area contributed by atoms with E-state index in [0.717, 1.165) is 5.56 Å². The van der Waals surface area contributed by atoms with Crippen LogP contribution < -0.4 is 4.74 Å². The summed E-state index contributed by atoms with van der Waals surface area (Å²) in [5.74, 6) is 0.172. The lowest BCUT2D eigenvalue weighted by molar-refractivity contribution is 0.212. The van der Waals surface area contributed by atoms with Crippen LogP contribution >= 0.6 is 11.6 Å². The van der Waals surface area contributed by atoms with Crippen LogP contribution in [0.2, 0.25) is 5.02 Å². The fraction of sp³-hybridized carbons (Fsp3) is 0.250. The highest BCUT2D eigenvalue weighted by Crippen LogP contribution is 2.34. The summed E-state index contributed by atoms with van der Waals surface area (Å²) in [6, 6.07) is 9.52. The Labute approximate surface area is 122 Å². The van der Waals surface area contributed by atoms with E-state index in [1.165, 1.54) is 18.2 Å². The molecule has 0 aliphatic carbocycles. The number of hydrogen-bond donors (Lipinski definition) is 1. The Hall–Kier alpha value is -1.58. The number of hydrogen-bond acceptors (Lipinski definition) is 2. The Balaban J connectivity index is 2.46. The van der Waals surface area contributed by atoms with Crippen LogP contribution in [-0.4, -0.2) is 11.7 Å². The van der Waals surface area contributed by atoms with Crippen molar-refractivity contribution in [2.75, 3.05) is 6.61 Å². The smallest absolute Gasteiger partial charge is 0.125 e. The number of aliphatic hydroxyl groups is 1. The second-order valence-electron chi connectivity index (χ2n) is 4.54. The summed E-state index contributed by atoms with van der Waals surface area (Å²) >= 11 is 6.00. The highest BCUT2D eigenvalue weighted by molar-refractivity contribution is 6.31. The van der Waals surface area contributed by atoms with E-state index in [2.05, 4.69) is 0 Å². The van der Waals surface area contributed by atoms with Crippen LogP contribution in [0.1, 0.15) is 29.7 Å². The van der Waals surface area contributed by atoms with Crippen molar-refractivity contribution in [3.05, 3.63) is 63.9 Å². The minimum atomic E-state index is -0.954. The first-order valence-corrected chi connectivity index (χ1v) is 6.77. The summed E-state index contributed by atoms with van der Waals surface area (Å²) in [5, 5.41) is 10.7. The minimum Gasteiger partial charge on any atom is -0.493 e. The second-order valence-corrected chi connectivity index (χ2v) is 4.95. The molecule has 0 radical (unpaired) electrons. The monoisotopic (exact) mass is 294 g/mol. The Morgan fingerprint density at radius 2 is 1.95 bits per heavy atom. The van der Waals surface area contributed by atoms with Crippen LogP contribution in [0.15, 0.2) is 36.4 Å². The van der Waals surface area contributed by atoms with Gasteiger partial charge in [0.05, 0.1) is 6.61 Å². The number of aryl methyl sites for hydroxylation is 1. The third-order valence-corrected chi connectivity index (χ3v) is 3.34. The van der Waals surface area contributed by atoms with Crippen molar-refractivity contribution in [3.8, 4) is 5.75 Å².